The number of rotatable bonds is 4. The topological polar surface area (TPSA) is 54.9 Å². The molecular weight excluding hydrogens is 354 g/mol. The Morgan fingerprint density at radius 3 is 2.85 bits per heavy atom. The van der Waals surface area contributed by atoms with Crippen LogP contribution in [0.2, 0.25) is 0 Å². The molecule has 1 amide bonds. The molecule has 0 aliphatic heterocycles. The van der Waals surface area contributed by atoms with Crippen LogP contribution in [0.15, 0.2) is 48.8 Å². The SMILES string of the molecule is CC(C)c1ccccc1NC(=O)C1CCc2nc(-c3cccnc3)sc2C1. The Bertz CT molecular complexity index is 949. The number of aryl methyl sites for hydroxylation is 1. The fraction of sp³-hybridized carbons (Fsp3) is 0.318. The highest BCUT2D eigenvalue weighted by Gasteiger charge is 2.28. The van der Waals surface area contributed by atoms with Crippen LogP contribution in [-0.4, -0.2) is 15.9 Å². The zero-order valence-electron chi connectivity index (χ0n) is 15.6. The van der Waals surface area contributed by atoms with Crippen molar-refractivity contribution in [1.29, 1.82) is 0 Å². The first kappa shape index (κ1) is 17.9. The standard InChI is InChI=1S/C22H23N3OS/c1-14(2)17-7-3-4-8-18(17)24-21(26)15-9-10-19-20(12-15)27-22(25-19)16-6-5-11-23-13-16/h3-8,11,13-15H,9-10,12H2,1-2H3,(H,24,26). The highest BCUT2D eigenvalue weighted by molar-refractivity contribution is 7.15. The second-order valence-corrected chi connectivity index (χ2v) is 8.39. The first-order valence-electron chi connectivity index (χ1n) is 9.40. The largest absolute Gasteiger partial charge is 0.326 e. The lowest BCUT2D eigenvalue weighted by Crippen LogP contribution is -2.28. The van der Waals surface area contributed by atoms with Crippen LogP contribution in [0.4, 0.5) is 5.69 Å². The van der Waals surface area contributed by atoms with E-state index in [2.05, 4.69) is 30.2 Å². The van der Waals surface area contributed by atoms with Crippen molar-refractivity contribution >= 4 is 22.9 Å². The molecule has 0 bridgehead atoms. The summed E-state index contributed by atoms with van der Waals surface area (Å²) in [4.78, 5) is 23.1. The summed E-state index contributed by atoms with van der Waals surface area (Å²) in [6.45, 7) is 4.30. The van der Waals surface area contributed by atoms with Gasteiger partial charge in [-0.05, 0) is 48.9 Å². The summed E-state index contributed by atoms with van der Waals surface area (Å²) in [6.07, 6.45) is 6.08. The van der Waals surface area contributed by atoms with Crippen LogP contribution >= 0.6 is 11.3 Å². The molecule has 2 heterocycles. The van der Waals surface area contributed by atoms with Gasteiger partial charge in [0.1, 0.15) is 5.01 Å². The first-order valence-corrected chi connectivity index (χ1v) is 10.2. The van der Waals surface area contributed by atoms with Crippen molar-refractivity contribution in [2.75, 3.05) is 5.32 Å². The summed E-state index contributed by atoms with van der Waals surface area (Å²) in [5.41, 5.74) is 4.30. The number of carbonyl (C=O) groups is 1. The summed E-state index contributed by atoms with van der Waals surface area (Å²) in [5, 5.41) is 4.17. The molecule has 5 heteroatoms. The lowest BCUT2D eigenvalue weighted by atomic mass is 9.90. The molecule has 4 rings (SSSR count). The van der Waals surface area contributed by atoms with E-state index in [1.807, 2.05) is 36.5 Å². The predicted molar refractivity (Wildman–Crippen MR) is 110 cm³/mol. The maximum absolute atomic E-state index is 12.9. The van der Waals surface area contributed by atoms with E-state index in [1.165, 1.54) is 10.4 Å². The molecule has 1 aliphatic rings. The minimum Gasteiger partial charge on any atom is -0.326 e. The van der Waals surface area contributed by atoms with Crippen LogP contribution in [0.3, 0.4) is 0 Å². The fourth-order valence-corrected chi connectivity index (χ4v) is 4.74. The predicted octanol–water partition coefficient (Wildman–Crippen LogP) is 5.07. The minimum absolute atomic E-state index is 0.0000771. The van der Waals surface area contributed by atoms with E-state index in [9.17, 15) is 4.79 Å². The van der Waals surface area contributed by atoms with E-state index < -0.39 is 0 Å². The number of anilines is 1. The van der Waals surface area contributed by atoms with E-state index in [4.69, 9.17) is 4.98 Å². The zero-order valence-corrected chi connectivity index (χ0v) is 16.4. The van der Waals surface area contributed by atoms with Gasteiger partial charge in [-0.1, -0.05) is 32.0 Å². The lowest BCUT2D eigenvalue weighted by molar-refractivity contribution is -0.120. The average molecular weight is 378 g/mol. The zero-order chi connectivity index (χ0) is 18.8. The number of nitrogens with zero attached hydrogens (tertiary/aromatic N) is 2. The maximum Gasteiger partial charge on any atom is 0.227 e. The highest BCUT2D eigenvalue weighted by atomic mass is 32.1. The van der Waals surface area contributed by atoms with Gasteiger partial charge in [-0.15, -0.1) is 11.3 Å². The van der Waals surface area contributed by atoms with Gasteiger partial charge < -0.3 is 5.32 Å². The molecule has 3 aromatic rings. The number of benzene rings is 1. The summed E-state index contributed by atoms with van der Waals surface area (Å²) < 4.78 is 0. The molecule has 138 valence electrons. The van der Waals surface area contributed by atoms with Crippen molar-refractivity contribution < 1.29 is 4.79 Å². The first-order chi connectivity index (χ1) is 13.1. The average Bonchev–Trinajstić information content (AvgIpc) is 3.12. The molecule has 0 fully saturated rings. The molecule has 1 atom stereocenters. The molecule has 0 radical (unpaired) electrons. The van der Waals surface area contributed by atoms with Crippen LogP contribution in [0.5, 0.6) is 0 Å². The Kier molecular flexibility index (Phi) is 5.03. The summed E-state index contributed by atoms with van der Waals surface area (Å²) in [7, 11) is 0. The minimum atomic E-state index is -0.0000771. The van der Waals surface area contributed by atoms with Crippen LogP contribution in [-0.2, 0) is 17.6 Å². The molecule has 0 saturated carbocycles. The Hall–Kier alpha value is -2.53. The van der Waals surface area contributed by atoms with Crippen molar-refractivity contribution in [2.24, 2.45) is 5.92 Å². The number of amides is 1. The van der Waals surface area contributed by atoms with E-state index in [1.54, 1.807) is 17.5 Å². The van der Waals surface area contributed by atoms with Crippen LogP contribution in [0, 0.1) is 5.92 Å². The number of nitrogens with one attached hydrogen (secondary N) is 1. The molecule has 2 aromatic heterocycles. The van der Waals surface area contributed by atoms with E-state index >= 15 is 0 Å². The number of para-hydroxylation sites is 1. The molecule has 0 saturated heterocycles. The van der Waals surface area contributed by atoms with E-state index in [0.717, 1.165) is 41.2 Å². The lowest BCUT2D eigenvalue weighted by Gasteiger charge is -2.22. The Morgan fingerprint density at radius 2 is 2.07 bits per heavy atom. The van der Waals surface area contributed by atoms with Gasteiger partial charge in [0.2, 0.25) is 5.91 Å². The molecule has 1 N–H and O–H groups in total. The molecule has 0 spiro atoms. The number of hydrogen-bond acceptors (Lipinski definition) is 4. The molecule has 1 aliphatic carbocycles. The van der Waals surface area contributed by atoms with Crippen LogP contribution < -0.4 is 5.32 Å². The highest BCUT2D eigenvalue weighted by Crippen LogP contribution is 2.35. The van der Waals surface area contributed by atoms with Gasteiger partial charge in [0.15, 0.2) is 0 Å². The molecule has 1 unspecified atom stereocenters. The van der Waals surface area contributed by atoms with Crippen molar-refractivity contribution in [3.8, 4) is 10.6 Å². The second-order valence-electron chi connectivity index (χ2n) is 7.30. The van der Waals surface area contributed by atoms with Crippen molar-refractivity contribution in [3.63, 3.8) is 0 Å². The van der Waals surface area contributed by atoms with Gasteiger partial charge in [-0.25, -0.2) is 4.98 Å². The van der Waals surface area contributed by atoms with Gasteiger partial charge in [0.25, 0.3) is 0 Å². The normalized spacial score (nSPS) is 16.2. The van der Waals surface area contributed by atoms with E-state index in [0.29, 0.717) is 5.92 Å². The molecule has 27 heavy (non-hydrogen) atoms. The van der Waals surface area contributed by atoms with Gasteiger partial charge in [0.05, 0.1) is 5.69 Å². The van der Waals surface area contributed by atoms with Crippen LogP contribution in [0.1, 0.15) is 42.3 Å². The molecular formula is C22H23N3OS. The van der Waals surface area contributed by atoms with Crippen LogP contribution in [0.25, 0.3) is 10.6 Å². The molecule has 4 nitrogen and oxygen atoms in total. The summed E-state index contributed by atoms with van der Waals surface area (Å²) in [5.74, 6) is 0.494. The van der Waals surface area contributed by atoms with Gasteiger partial charge in [-0.2, -0.15) is 0 Å². The Labute approximate surface area is 163 Å². The number of thiazole rings is 1. The summed E-state index contributed by atoms with van der Waals surface area (Å²) >= 11 is 1.69. The number of pyridine rings is 1. The molecule has 1 aromatic carbocycles. The van der Waals surface area contributed by atoms with Crippen molar-refractivity contribution in [2.45, 2.75) is 39.0 Å². The Morgan fingerprint density at radius 1 is 1.22 bits per heavy atom. The smallest absolute Gasteiger partial charge is 0.227 e. The number of aromatic nitrogens is 2. The quantitative estimate of drug-likeness (QED) is 0.690. The monoisotopic (exact) mass is 377 g/mol. The van der Waals surface area contributed by atoms with Gasteiger partial charge >= 0.3 is 0 Å². The Balaban J connectivity index is 1.50. The summed E-state index contributed by atoms with van der Waals surface area (Å²) in [6, 6.07) is 12.0. The number of carbonyl (C=O) groups excluding carboxylic acids is 1. The maximum atomic E-state index is 12.9. The van der Waals surface area contributed by atoms with Crippen molar-refractivity contribution in [1.82, 2.24) is 9.97 Å². The third-order valence-electron chi connectivity index (χ3n) is 5.06. The van der Waals surface area contributed by atoms with Gasteiger partial charge in [-0.3, -0.25) is 9.78 Å². The number of fused-ring (bicyclic) bond motifs is 1. The van der Waals surface area contributed by atoms with Crippen molar-refractivity contribution in [3.05, 3.63) is 64.9 Å². The fourth-order valence-electron chi connectivity index (χ4n) is 3.56. The number of hydrogen-bond donors (Lipinski definition) is 1. The third-order valence-corrected chi connectivity index (χ3v) is 6.23. The van der Waals surface area contributed by atoms with Gasteiger partial charge in [0, 0.05) is 34.4 Å². The second kappa shape index (κ2) is 7.61. The third kappa shape index (κ3) is 3.78. The van der Waals surface area contributed by atoms with E-state index in [-0.39, 0.29) is 11.8 Å².